The van der Waals surface area contributed by atoms with Crippen LogP contribution in [-0.2, 0) is 6.54 Å². The van der Waals surface area contributed by atoms with Crippen LogP contribution in [0.5, 0.6) is 0 Å². The van der Waals surface area contributed by atoms with Crippen LogP contribution in [0.1, 0.15) is 30.5 Å². The Morgan fingerprint density at radius 3 is 3.15 bits per heavy atom. The third-order valence-corrected chi connectivity index (χ3v) is 2.59. The molecular formula is C9H15N3O. The van der Waals surface area contributed by atoms with Crippen molar-refractivity contribution in [1.29, 1.82) is 0 Å². The number of likely N-dealkylation sites (tertiary alicyclic amines) is 1. The molecule has 1 saturated heterocycles. The lowest BCUT2D eigenvalue weighted by molar-refractivity contribution is 0.271. The van der Waals surface area contributed by atoms with Gasteiger partial charge in [0.15, 0.2) is 0 Å². The standard InChI is InChI=1S/C9H15N3O/c1-12-4-2-3-7(12)8-6-11-9(5-10)13-8/h6-7H,2-5,10H2,1H3. The molecule has 2 N–H and O–H groups in total. The van der Waals surface area contributed by atoms with E-state index in [0.717, 1.165) is 18.7 Å². The molecule has 4 nitrogen and oxygen atoms in total. The summed E-state index contributed by atoms with van der Waals surface area (Å²) in [7, 11) is 2.11. The van der Waals surface area contributed by atoms with Gasteiger partial charge in [-0.15, -0.1) is 0 Å². The first-order chi connectivity index (χ1) is 6.31. The molecule has 0 radical (unpaired) electrons. The smallest absolute Gasteiger partial charge is 0.208 e. The fourth-order valence-electron chi connectivity index (χ4n) is 1.84. The minimum Gasteiger partial charge on any atom is -0.443 e. The molecule has 0 bridgehead atoms. The normalized spacial score (nSPS) is 24.0. The molecule has 0 spiro atoms. The first-order valence-electron chi connectivity index (χ1n) is 4.66. The zero-order chi connectivity index (χ0) is 9.26. The van der Waals surface area contributed by atoms with Gasteiger partial charge in [0.1, 0.15) is 5.76 Å². The van der Waals surface area contributed by atoms with Gasteiger partial charge in [0, 0.05) is 0 Å². The summed E-state index contributed by atoms with van der Waals surface area (Å²) in [6.45, 7) is 1.53. The van der Waals surface area contributed by atoms with Crippen molar-refractivity contribution in [2.45, 2.75) is 25.4 Å². The van der Waals surface area contributed by atoms with E-state index in [-0.39, 0.29) is 0 Å². The van der Waals surface area contributed by atoms with Gasteiger partial charge in [-0.3, -0.25) is 4.90 Å². The number of nitrogens with zero attached hydrogens (tertiary/aromatic N) is 2. The maximum absolute atomic E-state index is 5.51. The zero-order valence-electron chi connectivity index (χ0n) is 7.86. The molecule has 13 heavy (non-hydrogen) atoms. The van der Waals surface area contributed by atoms with E-state index in [0.29, 0.717) is 18.5 Å². The van der Waals surface area contributed by atoms with Crippen molar-refractivity contribution in [3.63, 3.8) is 0 Å². The molecular weight excluding hydrogens is 166 g/mol. The Balaban J connectivity index is 2.15. The topological polar surface area (TPSA) is 55.3 Å². The second-order valence-electron chi connectivity index (χ2n) is 3.50. The van der Waals surface area contributed by atoms with Gasteiger partial charge in [0.05, 0.1) is 18.8 Å². The number of hydrogen-bond acceptors (Lipinski definition) is 4. The lowest BCUT2D eigenvalue weighted by atomic mass is 10.2. The van der Waals surface area contributed by atoms with Crippen LogP contribution < -0.4 is 5.73 Å². The van der Waals surface area contributed by atoms with Gasteiger partial charge in [-0.2, -0.15) is 0 Å². The molecule has 1 aromatic rings. The predicted molar refractivity (Wildman–Crippen MR) is 49.0 cm³/mol. The number of hydrogen-bond donors (Lipinski definition) is 1. The summed E-state index contributed by atoms with van der Waals surface area (Å²) in [4.78, 5) is 6.39. The summed E-state index contributed by atoms with van der Waals surface area (Å²) in [5, 5.41) is 0. The summed E-state index contributed by atoms with van der Waals surface area (Å²) in [6.07, 6.45) is 4.20. The van der Waals surface area contributed by atoms with Crippen molar-refractivity contribution in [2.24, 2.45) is 5.73 Å². The molecule has 1 unspecified atom stereocenters. The highest BCUT2D eigenvalue weighted by Gasteiger charge is 2.25. The van der Waals surface area contributed by atoms with Crippen molar-refractivity contribution in [3.05, 3.63) is 17.8 Å². The number of nitrogens with two attached hydrogens (primary N) is 1. The maximum Gasteiger partial charge on any atom is 0.208 e. The second kappa shape index (κ2) is 3.47. The minimum atomic E-state index is 0.385. The molecule has 0 amide bonds. The van der Waals surface area contributed by atoms with Crippen LogP contribution in [0.2, 0.25) is 0 Å². The molecule has 0 aromatic carbocycles. The summed E-state index contributed by atoms with van der Waals surface area (Å²) in [6, 6.07) is 0.410. The van der Waals surface area contributed by atoms with Crippen molar-refractivity contribution >= 4 is 0 Å². The highest BCUT2D eigenvalue weighted by atomic mass is 16.4. The van der Waals surface area contributed by atoms with E-state index >= 15 is 0 Å². The fraction of sp³-hybridized carbons (Fsp3) is 0.667. The zero-order valence-corrected chi connectivity index (χ0v) is 7.86. The number of rotatable bonds is 2. The number of aromatic nitrogens is 1. The molecule has 2 rings (SSSR count). The molecule has 2 heterocycles. The Morgan fingerprint density at radius 2 is 2.62 bits per heavy atom. The molecule has 1 aliphatic heterocycles. The van der Waals surface area contributed by atoms with Crippen molar-refractivity contribution < 1.29 is 4.42 Å². The molecule has 1 aliphatic rings. The van der Waals surface area contributed by atoms with Crippen LogP contribution in [-0.4, -0.2) is 23.5 Å². The third-order valence-electron chi connectivity index (χ3n) is 2.59. The Kier molecular flexibility index (Phi) is 2.33. The van der Waals surface area contributed by atoms with Crippen molar-refractivity contribution in [3.8, 4) is 0 Å². The summed E-state index contributed by atoms with van der Waals surface area (Å²) in [5.41, 5.74) is 5.43. The average Bonchev–Trinajstić information content (AvgIpc) is 2.71. The van der Waals surface area contributed by atoms with Crippen LogP contribution >= 0.6 is 0 Å². The highest BCUT2D eigenvalue weighted by molar-refractivity contribution is 5.03. The molecule has 1 atom stereocenters. The average molecular weight is 181 g/mol. The predicted octanol–water partition coefficient (Wildman–Crippen LogP) is 0.900. The molecule has 72 valence electrons. The van der Waals surface area contributed by atoms with Gasteiger partial charge in [-0.05, 0) is 26.4 Å². The van der Waals surface area contributed by atoms with E-state index in [9.17, 15) is 0 Å². The van der Waals surface area contributed by atoms with Crippen molar-refractivity contribution in [1.82, 2.24) is 9.88 Å². The Morgan fingerprint density at radius 1 is 1.77 bits per heavy atom. The van der Waals surface area contributed by atoms with Gasteiger partial charge < -0.3 is 10.2 Å². The fourth-order valence-corrected chi connectivity index (χ4v) is 1.84. The first-order valence-corrected chi connectivity index (χ1v) is 4.66. The largest absolute Gasteiger partial charge is 0.443 e. The van der Waals surface area contributed by atoms with E-state index in [1.807, 2.05) is 0 Å². The van der Waals surface area contributed by atoms with Gasteiger partial charge in [-0.1, -0.05) is 0 Å². The Labute approximate surface area is 77.7 Å². The molecule has 0 aliphatic carbocycles. The third kappa shape index (κ3) is 1.59. The lowest BCUT2D eigenvalue weighted by Gasteiger charge is -2.15. The maximum atomic E-state index is 5.51. The Hall–Kier alpha value is -0.870. The summed E-state index contributed by atoms with van der Waals surface area (Å²) >= 11 is 0. The molecule has 4 heteroatoms. The molecule has 0 saturated carbocycles. The van der Waals surface area contributed by atoms with Crippen LogP contribution in [0.4, 0.5) is 0 Å². The van der Waals surface area contributed by atoms with E-state index in [1.165, 1.54) is 6.42 Å². The minimum absolute atomic E-state index is 0.385. The van der Waals surface area contributed by atoms with E-state index in [2.05, 4.69) is 16.9 Å². The van der Waals surface area contributed by atoms with Crippen molar-refractivity contribution in [2.75, 3.05) is 13.6 Å². The SMILES string of the molecule is CN1CCCC1c1cnc(CN)o1. The van der Waals surface area contributed by atoms with Crippen LogP contribution in [0.15, 0.2) is 10.6 Å². The van der Waals surface area contributed by atoms with Gasteiger partial charge in [0.25, 0.3) is 0 Å². The number of oxazole rings is 1. The van der Waals surface area contributed by atoms with E-state index in [1.54, 1.807) is 6.20 Å². The van der Waals surface area contributed by atoms with Gasteiger partial charge in [-0.25, -0.2) is 4.98 Å². The van der Waals surface area contributed by atoms with Crippen LogP contribution in [0.3, 0.4) is 0 Å². The summed E-state index contributed by atoms with van der Waals surface area (Å²) < 4.78 is 5.51. The van der Waals surface area contributed by atoms with Crippen LogP contribution in [0, 0.1) is 0 Å². The summed E-state index contributed by atoms with van der Waals surface area (Å²) in [5.74, 6) is 1.59. The quantitative estimate of drug-likeness (QED) is 0.736. The first kappa shape index (κ1) is 8.72. The lowest BCUT2D eigenvalue weighted by Crippen LogP contribution is -2.16. The van der Waals surface area contributed by atoms with Gasteiger partial charge in [0.2, 0.25) is 5.89 Å². The molecule has 1 fully saturated rings. The molecule has 1 aromatic heterocycles. The monoisotopic (exact) mass is 181 g/mol. The van der Waals surface area contributed by atoms with E-state index < -0.39 is 0 Å². The van der Waals surface area contributed by atoms with E-state index in [4.69, 9.17) is 10.2 Å². The second-order valence-corrected chi connectivity index (χ2v) is 3.50. The van der Waals surface area contributed by atoms with Crippen LogP contribution in [0.25, 0.3) is 0 Å². The van der Waals surface area contributed by atoms with Gasteiger partial charge >= 0.3 is 0 Å². The highest BCUT2D eigenvalue weighted by Crippen LogP contribution is 2.30. The Bertz CT molecular complexity index is 284.